The summed E-state index contributed by atoms with van der Waals surface area (Å²) in [6.45, 7) is 5.95. The highest BCUT2D eigenvalue weighted by Gasteiger charge is 2.09. The van der Waals surface area contributed by atoms with Crippen molar-refractivity contribution >= 4 is 17.3 Å². The molecule has 0 fully saturated rings. The van der Waals surface area contributed by atoms with Crippen LogP contribution >= 0.6 is 0 Å². The summed E-state index contributed by atoms with van der Waals surface area (Å²) in [4.78, 5) is 18.5. The second-order valence-electron chi connectivity index (χ2n) is 4.42. The Morgan fingerprint density at radius 3 is 2.50 bits per heavy atom. The van der Waals surface area contributed by atoms with E-state index >= 15 is 0 Å². The van der Waals surface area contributed by atoms with E-state index < -0.39 is 0 Å². The minimum absolute atomic E-state index is 0.141. The standard InChI is InChI=1S/C16H19N3O/c1-3-19(4-2)15-10-13(11-17-12-15)16(20)18-14-8-6-5-7-9-14/h5-12H,3-4H2,1-2H3,(H,18,20). The molecule has 0 aliphatic rings. The van der Waals surface area contributed by atoms with Crippen molar-refractivity contribution in [2.45, 2.75) is 13.8 Å². The lowest BCUT2D eigenvalue weighted by Gasteiger charge is -2.20. The fraction of sp³-hybridized carbons (Fsp3) is 0.250. The maximum atomic E-state index is 12.2. The molecule has 0 saturated heterocycles. The molecular formula is C16H19N3O. The zero-order valence-corrected chi connectivity index (χ0v) is 11.8. The van der Waals surface area contributed by atoms with E-state index in [-0.39, 0.29) is 5.91 Å². The first-order chi connectivity index (χ1) is 9.74. The van der Waals surface area contributed by atoms with Crippen LogP contribution in [0.1, 0.15) is 24.2 Å². The van der Waals surface area contributed by atoms with Crippen molar-refractivity contribution in [1.82, 2.24) is 4.98 Å². The average Bonchev–Trinajstić information content (AvgIpc) is 2.50. The number of anilines is 2. The highest BCUT2D eigenvalue weighted by Crippen LogP contribution is 2.15. The van der Waals surface area contributed by atoms with Gasteiger partial charge < -0.3 is 10.2 Å². The summed E-state index contributed by atoms with van der Waals surface area (Å²) in [5.41, 5.74) is 2.32. The number of carbonyl (C=O) groups excluding carboxylic acids is 1. The summed E-state index contributed by atoms with van der Waals surface area (Å²) in [6, 6.07) is 11.3. The zero-order chi connectivity index (χ0) is 14.4. The van der Waals surface area contributed by atoms with Crippen molar-refractivity contribution in [3.05, 3.63) is 54.4 Å². The third-order valence-electron chi connectivity index (χ3n) is 3.15. The first-order valence-electron chi connectivity index (χ1n) is 6.81. The van der Waals surface area contributed by atoms with Gasteiger partial charge in [0.2, 0.25) is 0 Å². The number of nitrogens with one attached hydrogen (secondary N) is 1. The molecule has 0 radical (unpaired) electrons. The minimum Gasteiger partial charge on any atom is -0.371 e. The monoisotopic (exact) mass is 269 g/mol. The van der Waals surface area contributed by atoms with Crippen molar-refractivity contribution in [2.75, 3.05) is 23.3 Å². The maximum absolute atomic E-state index is 12.2. The van der Waals surface area contributed by atoms with E-state index in [2.05, 4.69) is 29.0 Å². The summed E-state index contributed by atoms with van der Waals surface area (Å²) < 4.78 is 0. The molecule has 1 N–H and O–H groups in total. The second kappa shape index (κ2) is 6.70. The third-order valence-corrected chi connectivity index (χ3v) is 3.15. The van der Waals surface area contributed by atoms with Crippen LogP contribution in [0.4, 0.5) is 11.4 Å². The van der Waals surface area contributed by atoms with E-state index in [9.17, 15) is 4.79 Å². The van der Waals surface area contributed by atoms with Gasteiger partial charge in [0, 0.05) is 25.0 Å². The summed E-state index contributed by atoms with van der Waals surface area (Å²) >= 11 is 0. The van der Waals surface area contributed by atoms with Gasteiger partial charge in [-0.1, -0.05) is 18.2 Å². The van der Waals surface area contributed by atoms with E-state index in [0.717, 1.165) is 24.5 Å². The molecule has 0 spiro atoms. The fourth-order valence-electron chi connectivity index (χ4n) is 2.04. The molecule has 0 saturated carbocycles. The first kappa shape index (κ1) is 14.1. The van der Waals surface area contributed by atoms with E-state index in [1.165, 1.54) is 0 Å². The molecule has 0 aliphatic carbocycles. The highest BCUT2D eigenvalue weighted by atomic mass is 16.1. The molecule has 0 unspecified atom stereocenters. The molecule has 0 atom stereocenters. The SMILES string of the molecule is CCN(CC)c1cncc(C(=O)Nc2ccccc2)c1. The predicted molar refractivity (Wildman–Crippen MR) is 82.2 cm³/mol. The number of pyridine rings is 1. The number of hydrogen-bond acceptors (Lipinski definition) is 3. The largest absolute Gasteiger partial charge is 0.371 e. The van der Waals surface area contributed by atoms with Gasteiger partial charge in [-0.15, -0.1) is 0 Å². The van der Waals surface area contributed by atoms with Crippen LogP contribution in [0.2, 0.25) is 0 Å². The number of amides is 1. The first-order valence-corrected chi connectivity index (χ1v) is 6.81. The number of nitrogens with zero attached hydrogens (tertiary/aromatic N) is 2. The van der Waals surface area contributed by atoms with Crippen LogP contribution in [-0.4, -0.2) is 24.0 Å². The van der Waals surface area contributed by atoms with Gasteiger partial charge in [-0.25, -0.2) is 0 Å². The Kier molecular flexibility index (Phi) is 4.71. The molecule has 0 aliphatic heterocycles. The average molecular weight is 269 g/mol. The summed E-state index contributed by atoms with van der Waals surface area (Å²) in [6.07, 6.45) is 3.37. The Labute approximate surface area is 119 Å². The molecule has 2 rings (SSSR count). The normalized spacial score (nSPS) is 10.1. The molecule has 2 aromatic rings. The fourth-order valence-corrected chi connectivity index (χ4v) is 2.04. The maximum Gasteiger partial charge on any atom is 0.257 e. The summed E-state index contributed by atoms with van der Waals surface area (Å²) in [5.74, 6) is -0.141. The number of rotatable bonds is 5. The van der Waals surface area contributed by atoms with E-state index in [1.807, 2.05) is 36.4 Å². The lowest BCUT2D eigenvalue weighted by molar-refractivity contribution is 0.102. The second-order valence-corrected chi connectivity index (χ2v) is 4.42. The Morgan fingerprint density at radius 2 is 1.85 bits per heavy atom. The molecule has 1 amide bonds. The topological polar surface area (TPSA) is 45.2 Å². The molecule has 1 heterocycles. The Morgan fingerprint density at radius 1 is 1.15 bits per heavy atom. The van der Waals surface area contributed by atoms with Gasteiger partial charge in [0.1, 0.15) is 0 Å². The number of hydrogen-bond donors (Lipinski definition) is 1. The molecule has 4 heteroatoms. The van der Waals surface area contributed by atoms with E-state index in [4.69, 9.17) is 0 Å². The van der Waals surface area contributed by atoms with Gasteiger partial charge in [-0.05, 0) is 32.0 Å². The lowest BCUT2D eigenvalue weighted by Crippen LogP contribution is -2.22. The van der Waals surface area contributed by atoms with Gasteiger partial charge >= 0.3 is 0 Å². The highest BCUT2D eigenvalue weighted by molar-refractivity contribution is 6.04. The van der Waals surface area contributed by atoms with Gasteiger partial charge in [0.25, 0.3) is 5.91 Å². The van der Waals surface area contributed by atoms with E-state index in [0.29, 0.717) is 5.56 Å². The van der Waals surface area contributed by atoms with Crippen LogP contribution in [0.25, 0.3) is 0 Å². The van der Waals surface area contributed by atoms with Gasteiger partial charge in [0.05, 0.1) is 17.4 Å². The Balaban J connectivity index is 2.16. The van der Waals surface area contributed by atoms with Crippen molar-refractivity contribution in [2.24, 2.45) is 0 Å². The van der Waals surface area contributed by atoms with Gasteiger partial charge in [0.15, 0.2) is 0 Å². The molecule has 4 nitrogen and oxygen atoms in total. The number of benzene rings is 1. The van der Waals surface area contributed by atoms with Crippen molar-refractivity contribution in [1.29, 1.82) is 0 Å². The minimum atomic E-state index is -0.141. The summed E-state index contributed by atoms with van der Waals surface area (Å²) in [7, 11) is 0. The number of carbonyl (C=O) groups is 1. The van der Waals surface area contributed by atoms with Crippen LogP contribution in [0, 0.1) is 0 Å². The van der Waals surface area contributed by atoms with Crippen LogP contribution in [0.3, 0.4) is 0 Å². The van der Waals surface area contributed by atoms with Crippen molar-refractivity contribution in [3.63, 3.8) is 0 Å². The molecular weight excluding hydrogens is 250 g/mol. The smallest absolute Gasteiger partial charge is 0.257 e. The van der Waals surface area contributed by atoms with Gasteiger partial charge in [-0.2, -0.15) is 0 Å². The van der Waals surface area contributed by atoms with Crippen molar-refractivity contribution in [3.8, 4) is 0 Å². The Hall–Kier alpha value is -2.36. The summed E-state index contributed by atoms with van der Waals surface area (Å²) in [5, 5.41) is 2.86. The third kappa shape index (κ3) is 3.35. The number of aromatic nitrogens is 1. The quantitative estimate of drug-likeness (QED) is 0.906. The molecule has 1 aromatic carbocycles. The van der Waals surface area contributed by atoms with Crippen LogP contribution in [0.15, 0.2) is 48.8 Å². The van der Waals surface area contributed by atoms with E-state index in [1.54, 1.807) is 12.4 Å². The zero-order valence-electron chi connectivity index (χ0n) is 11.8. The predicted octanol–water partition coefficient (Wildman–Crippen LogP) is 3.18. The van der Waals surface area contributed by atoms with Crippen LogP contribution < -0.4 is 10.2 Å². The molecule has 0 bridgehead atoms. The molecule has 104 valence electrons. The van der Waals surface area contributed by atoms with Crippen LogP contribution in [-0.2, 0) is 0 Å². The molecule has 20 heavy (non-hydrogen) atoms. The number of para-hydroxylation sites is 1. The van der Waals surface area contributed by atoms with Crippen molar-refractivity contribution < 1.29 is 4.79 Å². The molecule has 1 aromatic heterocycles. The Bertz CT molecular complexity index is 565. The lowest BCUT2D eigenvalue weighted by atomic mass is 10.2. The van der Waals surface area contributed by atoms with Gasteiger partial charge in [-0.3, -0.25) is 9.78 Å². The van der Waals surface area contributed by atoms with Crippen LogP contribution in [0.5, 0.6) is 0 Å².